The van der Waals surface area contributed by atoms with Crippen LogP contribution in [0.5, 0.6) is 0 Å². The minimum atomic E-state index is -1.07. The van der Waals surface area contributed by atoms with Crippen LogP contribution in [-0.4, -0.2) is 38.6 Å². The Kier molecular flexibility index (Phi) is 5.28. The van der Waals surface area contributed by atoms with Crippen molar-refractivity contribution < 1.29 is 14.7 Å². The molecular formula is C19H15N3O3S. The van der Waals surface area contributed by atoms with E-state index in [0.717, 1.165) is 5.56 Å². The maximum atomic E-state index is 12.7. The summed E-state index contributed by atoms with van der Waals surface area (Å²) in [5.74, 6) is -1.26. The van der Waals surface area contributed by atoms with Crippen LogP contribution in [0, 0.1) is 0 Å². The van der Waals surface area contributed by atoms with Gasteiger partial charge < -0.3 is 5.11 Å². The fourth-order valence-electron chi connectivity index (χ4n) is 2.35. The summed E-state index contributed by atoms with van der Waals surface area (Å²) >= 11 is 1.20. The lowest BCUT2D eigenvalue weighted by molar-refractivity contribution is -0.121. The zero-order chi connectivity index (χ0) is 18.5. The second-order valence-electron chi connectivity index (χ2n) is 5.31. The van der Waals surface area contributed by atoms with Crippen LogP contribution in [0.3, 0.4) is 0 Å². The van der Waals surface area contributed by atoms with Crippen molar-refractivity contribution in [1.29, 1.82) is 0 Å². The van der Waals surface area contributed by atoms with E-state index in [1.54, 1.807) is 54.9 Å². The molecule has 1 fully saturated rings. The largest absolute Gasteiger partial charge is 0.478 e. The molecule has 0 aliphatic carbocycles. The van der Waals surface area contributed by atoms with Crippen LogP contribution in [0.4, 0.5) is 5.69 Å². The Balaban J connectivity index is 2.01. The molecule has 130 valence electrons. The van der Waals surface area contributed by atoms with Crippen molar-refractivity contribution in [3.8, 4) is 0 Å². The molecule has 3 rings (SSSR count). The van der Waals surface area contributed by atoms with Crippen LogP contribution in [-0.2, 0) is 4.79 Å². The number of hydrogen-bond donors (Lipinski definition) is 1. The van der Waals surface area contributed by atoms with Crippen molar-refractivity contribution in [2.24, 2.45) is 4.99 Å². The molecule has 1 aliphatic rings. The first kappa shape index (κ1) is 17.6. The van der Waals surface area contributed by atoms with E-state index in [0.29, 0.717) is 15.8 Å². The monoisotopic (exact) mass is 365 g/mol. The third-order valence-corrected chi connectivity index (χ3v) is 4.56. The fraction of sp³-hybridized carbons (Fsp3) is 0.0526. The first-order valence-corrected chi connectivity index (χ1v) is 8.55. The van der Waals surface area contributed by atoms with E-state index in [9.17, 15) is 14.7 Å². The Bertz CT molecular complexity index is 923. The number of thioether (sulfide) groups is 1. The SMILES string of the molecule is C=CCN1C(=O)/C(=C/c2ccncc2)SC1=Nc1ccccc1C(=O)O. The predicted molar refractivity (Wildman–Crippen MR) is 102 cm³/mol. The molecule has 2 aromatic rings. The molecule has 7 heteroatoms. The van der Waals surface area contributed by atoms with Gasteiger partial charge in [0.05, 0.1) is 16.2 Å². The topological polar surface area (TPSA) is 82.9 Å². The fourth-order valence-corrected chi connectivity index (χ4v) is 3.35. The second kappa shape index (κ2) is 7.79. The Morgan fingerprint density at radius 3 is 2.69 bits per heavy atom. The standard InChI is InChI=1S/C19H15N3O3S/c1-2-11-22-17(23)16(12-13-7-9-20-10-8-13)26-19(22)21-15-6-4-3-5-14(15)18(24)25/h2-10,12H,1,11H2,(H,24,25)/b16-12-,21-19?. The first-order chi connectivity index (χ1) is 12.6. The number of aromatic carboxylic acids is 1. The second-order valence-corrected chi connectivity index (χ2v) is 6.32. The number of aliphatic imine (C=N–C) groups is 1. The van der Waals surface area contributed by atoms with Gasteiger partial charge >= 0.3 is 5.97 Å². The van der Waals surface area contributed by atoms with E-state index < -0.39 is 5.97 Å². The highest BCUT2D eigenvalue weighted by atomic mass is 32.2. The van der Waals surface area contributed by atoms with Crippen molar-refractivity contribution >= 4 is 40.6 Å². The number of para-hydroxylation sites is 1. The highest BCUT2D eigenvalue weighted by molar-refractivity contribution is 8.18. The summed E-state index contributed by atoms with van der Waals surface area (Å²) in [4.78, 5) is 34.4. The zero-order valence-electron chi connectivity index (χ0n) is 13.7. The van der Waals surface area contributed by atoms with Gasteiger partial charge in [-0.05, 0) is 47.7 Å². The Hall–Kier alpha value is -3.19. The molecule has 1 N–H and O–H groups in total. The average molecular weight is 365 g/mol. The Morgan fingerprint density at radius 2 is 2.00 bits per heavy atom. The summed E-state index contributed by atoms with van der Waals surface area (Å²) in [5.41, 5.74) is 1.23. The molecule has 0 spiro atoms. The van der Waals surface area contributed by atoms with E-state index in [1.165, 1.54) is 22.7 Å². The molecule has 1 aromatic heterocycles. The van der Waals surface area contributed by atoms with Gasteiger partial charge in [0.25, 0.3) is 5.91 Å². The highest BCUT2D eigenvalue weighted by Crippen LogP contribution is 2.34. The first-order valence-electron chi connectivity index (χ1n) is 7.73. The summed E-state index contributed by atoms with van der Waals surface area (Å²) in [6, 6.07) is 10.0. The lowest BCUT2D eigenvalue weighted by Gasteiger charge is -2.13. The highest BCUT2D eigenvalue weighted by Gasteiger charge is 2.32. The lowest BCUT2D eigenvalue weighted by atomic mass is 10.2. The molecule has 0 bridgehead atoms. The number of benzene rings is 1. The number of pyridine rings is 1. The molecule has 0 atom stereocenters. The van der Waals surface area contributed by atoms with Crippen LogP contribution < -0.4 is 0 Å². The van der Waals surface area contributed by atoms with E-state index in [1.807, 2.05) is 0 Å². The maximum absolute atomic E-state index is 12.7. The maximum Gasteiger partial charge on any atom is 0.337 e. The van der Waals surface area contributed by atoms with Crippen molar-refractivity contribution in [3.05, 3.63) is 77.5 Å². The van der Waals surface area contributed by atoms with E-state index in [-0.39, 0.29) is 18.0 Å². The van der Waals surface area contributed by atoms with Crippen molar-refractivity contribution in [3.63, 3.8) is 0 Å². The molecule has 1 aromatic carbocycles. The summed E-state index contributed by atoms with van der Waals surface area (Å²) in [6.07, 6.45) is 6.66. The third-order valence-electron chi connectivity index (χ3n) is 3.55. The van der Waals surface area contributed by atoms with Gasteiger partial charge in [0.1, 0.15) is 0 Å². The smallest absolute Gasteiger partial charge is 0.337 e. The Morgan fingerprint density at radius 1 is 1.27 bits per heavy atom. The van der Waals surface area contributed by atoms with Crippen molar-refractivity contribution in [2.45, 2.75) is 0 Å². The van der Waals surface area contributed by atoms with Crippen LogP contribution in [0.25, 0.3) is 6.08 Å². The van der Waals surface area contributed by atoms with Crippen LogP contribution in [0.2, 0.25) is 0 Å². The quantitative estimate of drug-likeness (QED) is 0.647. The van der Waals surface area contributed by atoms with Gasteiger partial charge in [0.15, 0.2) is 5.17 Å². The van der Waals surface area contributed by atoms with Crippen LogP contribution >= 0.6 is 11.8 Å². The molecule has 2 heterocycles. The number of nitrogens with zero attached hydrogens (tertiary/aromatic N) is 3. The number of carbonyl (C=O) groups is 2. The van der Waals surface area contributed by atoms with E-state index in [4.69, 9.17) is 0 Å². The predicted octanol–water partition coefficient (Wildman–Crippen LogP) is 3.57. The molecule has 1 aliphatic heterocycles. The molecule has 26 heavy (non-hydrogen) atoms. The molecule has 0 saturated carbocycles. The molecule has 1 amide bonds. The number of carboxylic acid groups (broad SMARTS) is 1. The van der Waals surface area contributed by atoms with Gasteiger partial charge in [-0.1, -0.05) is 18.2 Å². The summed E-state index contributed by atoms with van der Waals surface area (Å²) in [6.45, 7) is 3.96. The van der Waals surface area contributed by atoms with Gasteiger partial charge in [-0.15, -0.1) is 6.58 Å². The number of hydrogen-bond acceptors (Lipinski definition) is 5. The molecule has 0 radical (unpaired) electrons. The number of amidine groups is 1. The number of aromatic nitrogens is 1. The minimum Gasteiger partial charge on any atom is -0.478 e. The van der Waals surface area contributed by atoms with Crippen molar-refractivity contribution in [1.82, 2.24) is 9.88 Å². The summed E-state index contributed by atoms with van der Waals surface area (Å²) in [7, 11) is 0. The van der Waals surface area contributed by atoms with Crippen LogP contribution in [0.1, 0.15) is 15.9 Å². The van der Waals surface area contributed by atoms with Gasteiger partial charge in [-0.3, -0.25) is 14.7 Å². The average Bonchev–Trinajstić information content (AvgIpc) is 2.92. The molecular weight excluding hydrogens is 350 g/mol. The zero-order valence-corrected chi connectivity index (χ0v) is 14.5. The van der Waals surface area contributed by atoms with Gasteiger partial charge in [-0.2, -0.15) is 0 Å². The van der Waals surface area contributed by atoms with Gasteiger partial charge in [0.2, 0.25) is 0 Å². The summed E-state index contributed by atoms with van der Waals surface area (Å²) in [5, 5.41) is 9.74. The Labute approximate surface area is 154 Å². The molecule has 0 unspecified atom stereocenters. The van der Waals surface area contributed by atoms with Gasteiger partial charge in [-0.25, -0.2) is 9.79 Å². The van der Waals surface area contributed by atoms with Gasteiger partial charge in [0, 0.05) is 18.9 Å². The van der Waals surface area contributed by atoms with E-state index in [2.05, 4.69) is 16.6 Å². The van der Waals surface area contributed by atoms with Crippen molar-refractivity contribution in [2.75, 3.05) is 6.54 Å². The third kappa shape index (κ3) is 3.73. The normalized spacial score (nSPS) is 17.1. The minimum absolute atomic E-state index is 0.0816. The van der Waals surface area contributed by atoms with Crippen LogP contribution in [0.15, 0.2) is 71.3 Å². The number of carbonyl (C=O) groups excluding carboxylic acids is 1. The number of amides is 1. The lowest BCUT2D eigenvalue weighted by Crippen LogP contribution is -2.29. The summed E-state index contributed by atoms with van der Waals surface area (Å²) < 4.78 is 0. The molecule has 6 nitrogen and oxygen atoms in total. The van der Waals surface area contributed by atoms with E-state index >= 15 is 0 Å². The number of carboxylic acids is 1. The molecule has 1 saturated heterocycles. The number of rotatable bonds is 5.